The van der Waals surface area contributed by atoms with Gasteiger partial charge in [-0.05, 0) is 37.8 Å². The Morgan fingerprint density at radius 2 is 1.63 bits per heavy atom. The van der Waals surface area contributed by atoms with E-state index in [0.29, 0.717) is 29.8 Å². The lowest BCUT2D eigenvalue weighted by molar-refractivity contribution is 0.0638. The van der Waals surface area contributed by atoms with E-state index in [-0.39, 0.29) is 11.8 Å². The second kappa shape index (κ2) is 6.75. The normalized spacial score (nSPS) is 21.2. The summed E-state index contributed by atoms with van der Waals surface area (Å²) in [5, 5.41) is 2.09. The zero-order valence-corrected chi connectivity index (χ0v) is 16.1. The van der Waals surface area contributed by atoms with Gasteiger partial charge < -0.3 is 4.57 Å². The van der Waals surface area contributed by atoms with Crippen LogP contribution in [0.3, 0.4) is 0 Å². The molecule has 2 fully saturated rings. The van der Waals surface area contributed by atoms with Gasteiger partial charge in [-0.3, -0.25) is 19.5 Å². The molecule has 2 aliphatic carbocycles. The first-order chi connectivity index (χ1) is 13.2. The molecule has 27 heavy (non-hydrogen) atoms. The third-order valence-corrected chi connectivity index (χ3v) is 6.70. The highest BCUT2D eigenvalue weighted by atomic mass is 32.1. The highest BCUT2D eigenvalue weighted by Crippen LogP contribution is 2.36. The van der Waals surface area contributed by atoms with Crippen LogP contribution in [0.1, 0.15) is 77.4 Å². The van der Waals surface area contributed by atoms with Crippen LogP contribution >= 0.6 is 11.3 Å². The minimum absolute atomic E-state index is 0.185. The number of benzene rings is 1. The Kier molecular flexibility index (Phi) is 4.23. The van der Waals surface area contributed by atoms with Gasteiger partial charge in [0.05, 0.1) is 29.4 Å². The van der Waals surface area contributed by atoms with Gasteiger partial charge in [0.2, 0.25) is 0 Å². The Hall–Kier alpha value is -2.21. The van der Waals surface area contributed by atoms with Gasteiger partial charge >= 0.3 is 0 Å². The zero-order valence-electron chi connectivity index (χ0n) is 15.3. The summed E-state index contributed by atoms with van der Waals surface area (Å²) < 4.78 is 2.29. The molecule has 140 valence electrons. The molecule has 2 aromatic rings. The SMILES string of the molecule is O=C1c2ccccc2C(=O)N1Cc1csc(=NC2CCCCC2)n1C1CC1. The van der Waals surface area contributed by atoms with Crippen LogP contribution < -0.4 is 4.80 Å². The van der Waals surface area contributed by atoms with Crippen molar-refractivity contribution in [3.8, 4) is 0 Å². The number of nitrogens with zero attached hydrogens (tertiary/aromatic N) is 3. The number of imide groups is 1. The van der Waals surface area contributed by atoms with Crippen molar-refractivity contribution in [2.24, 2.45) is 4.99 Å². The van der Waals surface area contributed by atoms with Crippen molar-refractivity contribution < 1.29 is 9.59 Å². The Balaban J connectivity index is 1.46. The summed E-state index contributed by atoms with van der Waals surface area (Å²) in [6, 6.07) is 8.00. The van der Waals surface area contributed by atoms with E-state index in [1.807, 2.05) is 12.1 Å². The van der Waals surface area contributed by atoms with Gasteiger partial charge in [0, 0.05) is 11.4 Å². The molecule has 6 heteroatoms. The number of aromatic nitrogens is 1. The molecule has 2 amide bonds. The minimum atomic E-state index is -0.185. The largest absolute Gasteiger partial charge is 0.316 e. The summed E-state index contributed by atoms with van der Waals surface area (Å²) in [5.74, 6) is -0.371. The second-order valence-electron chi connectivity index (χ2n) is 7.77. The molecule has 5 rings (SSSR count). The lowest BCUT2D eigenvalue weighted by Gasteiger charge is -2.18. The van der Waals surface area contributed by atoms with E-state index in [1.54, 1.807) is 23.5 Å². The first kappa shape index (κ1) is 16.9. The van der Waals surface area contributed by atoms with E-state index < -0.39 is 0 Å². The maximum Gasteiger partial charge on any atom is 0.261 e. The number of hydrogen-bond donors (Lipinski definition) is 0. The highest BCUT2D eigenvalue weighted by Gasteiger charge is 2.36. The fourth-order valence-corrected chi connectivity index (χ4v) is 5.22. The number of carbonyl (C=O) groups excluding carboxylic acids is 2. The fraction of sp³-hybridized carbons (Fsp3) is 0.476. The van der Waals surface area contributed by atoms with Gasteiger partial charge in [-0.2, -0.15) is 0 Å². The molecule has 1 aromatic carbocycles. The van der Waals surface area contributed by atoms with Crippen molar-refractivity contribution in [2.45, 2.75) is 63.6 Å². The molecule has 5 nitrogen and oxygen atoms in total. The van der Waals surface area contributed by atoms with Crippen LogP contribution in [0.4, 0.5) is 0 Å². The average Bonchev–Trinajstić information content (AvgIpc) is 3.42. The maximum absolute atomic E-state index is 12.7. The predicted octanol–water partition coefficient (Wildman–Crippen LogP) is 3.91. The number of fused-ring (bicyclic) bond motifs is 1. The van der Waals surface area contributed by atoms with Gasteiger partial charge in [0.1, 0.15) is 0 Å². The first-order valence-electron chi connectivity index (χ1n) is 9.90. The summed E-state index contributed by atoms with van der Waals surface area (Å²) in [6.45, 7) is 0.333. The quantitative estimate of drug-likeness (QED) is 0.754. The van der Waals surface area contributed by atoms with Gasteiger partial charge in [0.15, 0.2) is 4.80 Å². The van der Waals surface area contributed by atoms with Gasteiger partial charge in [-0.1, -0.05) is 31.4 Å². The highest BCUT2D eigenvalue weighted by molar-refractivity contribution is 7.07. The number of hydrogen-bond acceptors (Lipinski definition) is 4. The van der Waals surface area contributed by atoms with Crippen molar-refractivity contribution in [1.29, 1.82) is 0 Å². The number of carbonyl (C=O) groups is 2. The molecule has 0 spiro atoms. The van der Waals surface area contributed by atoms with E-state index in [9.17, 15) is 9.59 Å². The summed E-state index contributed by atoms with van der Waals surface area (Å²) in [6.07, 6.45) is 8.53. The third kappa shape index (κ3) is 3.06. The van der Waals surface area contributed by atoms with Crippen LogP contribution in [-0.2, 0) is 6.54 Å². The van der Waals surface area contributed by atoms with E-state index in [0.717, 1.165) is 23.3 Å². The smallest absolute Gasteiger partial charge is 0.261 e. The summed E-state index contributed by atoms with van der Waals surface area (Å²) in [7, 11) is 0. The molecule has 1 aromatic heterocycles. The fourth-order valence-electron chi connectivity index (χ4n) is 4.20. The van der Waals surface area contributed by atoms with Crippen LogP contribution in [0.25, 0.3) is 0 Å². The molecule has 0 saturated heterocycles. The second-order valence-corrected chi connectivity index (χ2v) is 8.61. The van der Waals surface area contributed by atoms with Crippen molar-refractivity contribution in [1.82, 2.24) is 9.47 Å². The van der Waals surface area contributed by atoms with E-state index >= 15 is 0 Å². The Labute approximate surface area is 162 Å². The molecular formula is C21H23N3O2S. The Morgan fingerprint density at radius 3 is 2.26 bits per heavy atom. The molecular weight excluding hydrogens is 358 g/mol. The molecule has 0 bridgehead atoms. The zero-order chi connectivity index (χ0) is 18.4. The molecule has 0 N–H and O–H groups in total. The van der Waals surface area contributed by atoms with Crippen LogP contribution in [0, 0.1) is 0 Å². The van der Waals surface area contributed by atoms with E-state index in [2.05, 4.69) is 9.95 Å². The maximum atomic E-state index is 12.7. The van der Waals surface area contributed by atoms with E-state index in [1.165, 1.54) is 37.0 Å². The summed E-state index contributed by atoms with van der Waals surface area (Å²) in [5.41, 5.74) is 2.07. The Bertz CT molecular complexity index is 929. The van der Waals surface area contributed by atoms with Crippen molar-refractivity contribution in [3.63, 3.8) is 0 Å². The lowest BCUT2D eigenvalue weighted by Crippen LogP contribution is -2.31. The predicted molar refractivity (Wildman–Crippen MR) is 104 cm³/mol. The van der Waals surface area contributed by atoms with Gasteiger partial charge in [-0.25, -0.2) is 0 Å². The molecule has 3 aliphatic rings. The van der Waals surface area contributed by atoms with Gasteiger partial charge in [-0.15, -0.1) is 11.3 Å². The minimum Gasteiger partial charge on any atom is -0.316 e. The Morgan fingerprint density at radius 1 is 0.963 bits per heavy atom. The molecule has 0 radical (unpaired) electrons. The van der Waals surface area contributed by atoms with Gasteiger partial charge in [0.25, 0.3) is 11.8 Å². The molecule has 0 atom stereocenters. The molecule has 1 aliphatic heterocycles. The molecule has 2 heterocycles. The lowest BCUT2D eigenvalue weighted by atomic mass is 9.96. The average molecular weight is 382 g/mol. The topological polar surface area (TPSA) is 54.7 Å². The van der Waals surface area contributed by atoms with Crippen LogP contribution in [0.15, 0.2) is 34.6 Å². The van der Waals surface area contributed by atoms with Crippen molar-refractivity contribution in [3.05, 3.63) is 51.3 Å². The van der Waals surface area contributed by atoms with Crippen LogP contribution in [0.5, 0.6) is 0 Å². The van der Waals surface area contributed by atoms with E-state index in [4.69, 9.17) is 4.99 Å². The third-order valence-electron chi connectivity index (χ3n) is 5.79. The summed E-state index contributed by atoms with van der Waals surface area (Å²) >= 11 is 1.65. The molecule has 2 saturated carbocycles. The van der Waals surface area contributed by atoms with Crippen LogP contribution in [-0.4, -0.2) is 27.3 Å². The number of rotatable bonds is 4. The standard InChI is InChI=1S/C21H23N3O2S/c25-19-17-8-4-5-9-18(17)20(26)23(19)12-16-13-27-21(24(16)15-10-11-15)22-14-6-2-1-3-7-14/h4-5,8-9,13-15H,1-3,6-7,10-12H2. The summed E-state index contributed by atoms with van der Waals surface area (Å²) in [4.78, 5) is 32.9. The van der Waals surface area contributed by atoms with Crippen molar-refractivity contribution >= 4 is 23.2 Å². The number of amides is 2. The van der Waals surface area contributed by atoms with Crippen LogP contribution in [0.2, 0.25) is 0 Å². The monoisotopic (exact) mass is 381 g/mol. The van der Waals surface area contributed by atoms with Crippen molar-refractivity contribution in [2.75, 3.05) is 0 Å². The molecule has 0 unspecified atom stereocenters. The number of thiazole rings is 1. The first-order valence-corrected chi connectivity index (χ1v) is 10.8.